The van der Waals surface area contributed by atoms with E-state index in [2.05, 4.69) is 0 Å². The molecule has 0 radical (unpaired) electrons. The van der Waals surface area contributed by atoms with Crippen LogP contribution in [0.15, 0.2) is 54.6 Å². The molecule has 2 N–H and O–H groups in total. The standard InChI is InChI=1S/C18H20O7S2/c19-26(20,21)17-10-16(11-18(12-17)27(22,23)24)25-15-8-6-14(7-9-15)13-4-2-1-3-5-13/h1-9,16-18H,10-12H2,(H,19,20,21)(H,22,23,24). The lowest BCUT2D eigenvalue weighted by atomic mass is 9.96. The molecule has 0 bridgehead atoms. The van der Waals surface area contributed by atoms with Gasteiger partial charge in [-0.25, -0.2) is 0 Å². The monoisotopic (exact) mass is 412 g/mol. The highest BCUT2D eigenvalue weighted by Gasteiger charge is 2.41. The summed E-state index contributed by atoms with van der Waals surface area (Å²) in [6, 6.07) is 16.8. The van der Waals surface area contributed by atoms with Crippen molar-refractivity contribution in [3.8, 4) is 16.9 Å². The second-order valence-corrected chi connectivity index (χ2v) is 10.0. The van der Waals surface area contributed by atoms with E-state index in [4.69, 9.17) is 4.74 Å². The molecule has 2 unspecified atom stereocenters. The molecule has 0 spiro atoms. The van der Waals surface area contributed by atoms with Gasteiger partial charge in [0.25, 0.3) is 20.2 Å². The van der Waals surface area contributed by atoms with E-state index in [1.807, 2.05) is 42.5 Å². The lowest BCUT2D eigenvalue weighted by molar-refractivity contribution is 0.154. The molecule has 7 nitrogen and oxygen atoms in total. The van der Waals surface area contributed by atoms with Crippen LogP contribution in [0, 0.1) is 0 Å². The lowest BCUT2D eigenvalue weighted by Crippen LogP contribution is -2.42. The summed E-state index contributed by atoms with van der Waals surface area (Å²) in [5.41, 5.74) is 2.00. The van der Waals surface area contributed by atoms with Crippen LogP contribution < -0.4 is 4.74 Å². The molecule has 9 heteroatoms. The maximum Gasteiger partial charge on any atom is 0.267 e. The number of hydrogen-bond donors (Lipinski definition) is 2. The summed E-state index contributed by atoms with van der Waals surface area (Å²) in [6.45, 7) is 0. The molecular weight excluding hydrogens is 392 g/mol. The van der Waals surface area contributed by atoms with E-state index in [9.17, 15) is 25.9 Å². The third-order valence-electron chi connectivity index (χ3n) is 4.68. The molecule has 27 heavy (non-hydrogen) atoms. The first-order valence-corrected chi connectivity index (χ1v) is 11.4. The first-order valence-electron chi connectivity index (χ1n) is 8.37. The summed E-state index contributed by atoms with van der Waals surface area (Å²) in [5, 5.41) is -2.60. The van der Waals surface area contributed by atoms with Gasteiger partial charge in [0, 0.05) is 12.8 Å². The topological polar surface area (TPSA) is 118 Å². The summed E-state index contributed by atoms with van der Waals surface area (Å²) in [6.07, 6.45) is -1.22. The summed E-state index contributed by atoms with van der Waals surface area (Å²) >= 11 is 0. The predicted molar refractivity (Wildman–Crippen MR) is 101 cm³/mol. The normalized spacial score (nSPS) is 23.7. The van der Waals surface area contributed by atoms with E-state index in [1.54, 1.807) is 12.1 Å². The van der Waals surface area contributed by atoms with Crippen LogP contribution >= 0.6 is 0 Å². The molecule has 1 fully saturated rings. The maximum absolute atomic E-state index is 11.5. The second kappa shape index (κ2) is 7.59. The molecule has 0 amide bonds. The summed E-state index contributed by atoms with van der Waals surface area (Å²) in [4.78, 5) is 0. The van der Waals surface area contributed by atoms with Crippen LogP contribution in [0.2, 0.25) is 0 Å². The Morgan fingerprint density at radius 1 is 0.704 bits per heavy atom. The van der Waals surface area contributed by atoms with Crippen molar-refractivity contribution in [2.24, 2.45) is 0 Å². The van der Waals surface area contributed by atoms with E-state index in [1.165, 1.54) is 0 Å². The van der Waals surface area contributed by atoms with Crippen molar-refractivity contribution in [2.75, 3.05) is 0 Å². The Hall–Kier alpha value is -1.94. The third kappa shape index (κ3) is 5.07. The Morgan fingerprint density at radius 3 is 1.67 bits per heavy atom. The quantitative estimate of drug-likeness (QED) is 0.725. The third-order valence-corrected chi connectivity index (χ3v) is 7.14. The van der Waals surface area contributed by atoms with Gasteiger partial charge in [0.2, 0.25) is 0 Å². The molecule has 2 aromatic rings. The first-order chi connectivity index (χ1) is 12.6. The Balaban J connectivity index is 1.77. The second-order valence-electron chi connectivity index (χ2n) is 6.61. The highest BCUT2D eigenvalue weighted by atomic mass is 32.2. The van der Waals surface area contributed by atoms with Crippen molar-refractivity contribution in [2.45, 2.75) is 35.9 Å². The molecule has 3 rings (SSSR count). The van der Waals surface area contributed by atoms with Crippen molar-refractivity contribution in [1.82, 2.24) is 0 Å². The van der Waals surface area contributed by atoms with Crippen molar-refractivity contribution in [3.63, 3.8) is 0 Å². The summed E-state index contributed by atoms with van der Waals surface area (Å²) in [7, 11) is -8.89. The SMILES string of the molecule is O=S(=O)(O)C1CC(Oc2ccc(-c3ccccc3)cc2)CC(S(=O)(=O)O)C1. The average Bonchev–Trinajstić information content (AvgIpc) is 2.61. The zero-order chi connectivity index (χ0) is 19.7. The van der Waals surface area contributed by atoms with Gasteiger partial charge < -0.3 is 4.74 Å². The molecule has 1 aliphatic rings. The first kappa shape index (κ1) is 19.8. The van der Waals surface area contributed by atoms with E-state index >= 15 is 0 Å². The average molecular weight is 412 g/mol. The Bertz CT molecular complexity index is 944. The Morgan fingerprint density at radius 2 is 1.19 bits per heavy atom. The van der Waals surface area contributed by atoms with Crippen LogP contribution in [0.25, 0.3) is 11.1 Å². The summed E-state index contributed by atoms with van der Waals surface area (Å²) < 4.78 is 70.3. The Kier molecular flexibility index (Phi) is 5.57. The minimum atomic E-state index is -4.44. The fourth-order valence-corrected chi connectivity index (χ4v) is 5.29. The van der Waals surface area contributed by atoms with Crippen LogP contribution in [0.4, 0.5) is 0 Å². The van der Waals surface area contributed by atoms with E-state index in [0.29, 0.717) is 5.75 Å². The van der Waals surface area contributed by atoms with Gasteiger partial charge in [-0.15, -0.1) is 0 Å². The fourth-order valence-electron chi connectivity index (χ4n) is 3.30. The predicted octanol–water partition coefficient (Wildman–Crippen LogP) is 2.80. The Labute approximate surface area is 158 Å². The maximum atomic E-state index is 11.5. The molecule has 0 saturated heterocycles. The zero-order valence-corrected chi connectivity index (χ0v) is 15.9. The fraction of sp³-hybridized carbons (Fsp3) is 0.333. The minimum absolute atomic E-state index is 0.0503. The van der Waals surface area contributed by atoms with Crippen LogP contribution in [0.5, 0.6) is 5.75 Å². The smallest absolute Gasteiger partial charge is 0.267 e. The zero-order valence-electron chi connectivity index (χ0n) is 14.3. The number of benzene rings is 2. The highest BCUT2D eigenvalue weighted by molar-refractivity contribution is 7.87. The van der Waals surface area contributed by atoms with Crippen molar-refractivity contribution < 1.29 is 30.7 Å². The van der Waals surface area contributed by atoms with Crippen molar-refractivity contribution in [1.29, 1.82) is 0 Å². The number of ether oxygens (including phenoxy) is 1. The van der Waals surface area contributed by atoms with Gasteiger partial charge in [-0.3, -0.25) is 9.11 Å². The van der Waals surface area contributed by atoms with Gasteiger partial charge in [0.05, 0.1) is 10.5 Å². The largest absolute Gasteiger partial charge is 0.490 e. The number of rotatable bonds is 5. The molecule has 1 saturated carbocycles. The van der Waals surface area contributed by atoms with Gasteiger partial charge in [-0.05, 0) is 29.7 Å². The number of hydrogen-bond acceptors (Lipinski definition) is 5. The molecule has 1 aliphatic carbocycles. The molecule has 0 heterocycles. The van der Waals surface area contributed by atoms with Crippen molar-refractivity contribution >= 4 is 20.2 Å². The molecule has 2 atom stereocenters. The van der Waals surface area contributed by atoms with Gasteiger partial charge in [-0.1, -0.05) is 42.5 Å². The molecule has 0 aliphatic heterocycles. The lowest BCUT2D eigenvalue weighted by Gasteiger charge is -2.32. The van der Waals surface area contributed by atoms with Gasteiger partial charge in [0.1, 0.15) is 11.9 Å². The van der Waals surface area contributed by atoms with Gasteiger partial charge in [0.15, 0.2) is 0 Å². The van der Waals surface area contributed by atoms with Crippen LogP contribution in [-0.4, -0.2) is 42.5 Å². The van der Waals surface area contributed by atoms with Gasteiger partial charge >= 0.3 is 0 Å². The van der Waals surface area contributed by atoms with E-state index in [0.717, 1.165) is 11.1 Å². The molecular formula is C18H20O7S2. The van der Waals surface area contributed by atoms with Crippen LogP contribution in [-0.2, 0) is 20.2 Å². The summed E-state index contributed by atoms with van der Waals surface area (Å²) in [5.74, 6) is 0.449. The van der Waals surface area contributed by atoms with Crippen molar-refractivity contribution in [3.05, 3.63) is 54.6 Å². The van der Waals surface area contributed by atoms with E-state index in [-0.39, 0.29) is 19.3 Å². The van der Waals surface area contributed by atoms with Gasteiger partial charge in [-0.2, -0.15) is 16.8 Å². The highest BCUT2D eigenvalue weighted by Crippen LogP contribution is 2.31. The molecule has 146 valence electrons. The molecule has 0 aromatic heterocycles. The van der Waals surface area contributed by atoms with Crippen LogP contribution in [0.1, 0.15) is 19.3 Å². The van der Waals surface area contributed by atoms with Crippen LogP contribution in [0.3, 0.4) is 0 Å². The van der Waals surface area contributed by atoms with E-state index < -0.39 is 36.8 Å². The molecule has 2 aromatic carbocycles. The minimum Gasteiger partial charge on any atom is -0.490 e.